The van der Waals surface area contributed by atoms with Crippen LogP contribution in [0, 0.1) is 0 Å². The van der Waals surface area contributed by atoms with E-state index in [1.54, 1.807) is 18.5 Å². The number of rotatable bonds is 2. The van der Waals surface area contributed by atoms with Crippen LogP contribution in [0.3, 0.4) is 0 Å². The maximum absolute atomic E-state index is 12.4. The molecular formula is C19H19BrN4O2. The Labute approximate surface area is 157 Å². The van der Waals surface area contributed by atoms with Gasteiger partial charge in [-0.15, -0.1) is 0 Å². The highest BCUT2D eigenvalue weighted by Gasteiger charge is 2.19. The van der Waals surface area contributed by atoms with E-state index in [2.05, 4.69) is 35.9 Å². The minimum absolute atomic E-state index is 0.163. The van der Waals surface area contributed by atoms with Crippen LogP contribution in [0.2, 0.25) is 0 Å². The van der Waals surface area contributed by atoms with Gasteiger partial charge in [-0.25, -0.2) is 4.98 Å². The van der Waals surface area contributed by atoms with Gasteiger partial charge < -0.3 is 15.0 Å². The predicted octanol–water partition coefficient (Wildman–Crippen LogP) is 1.50. The maximum Gasteiger partial charge on any atom is 0.272 e. The van der Waals surface area contributed by atoms with Crippen LogP contribution in [-0.2, 0) is 5.41 Å². The van der Waals surface area contributed by atoms with E-state index in [4.69, 9.17) is 0 Å². The van der Waals surface area contributed by atoms with Gasteiger partial charge in [-0.2, -0.15) is 0 Å². The zero-order valence-corrected chi connectivity index (χ0v) is 16.3. The Hall–Kier alpha value is -2.67. The van der Waals surface area contributed by atoms with Crippen LogP contribution in [0.4, 0.5) is 0 Å². The molecule has 0 fully saturated rings. The van der Waals surface area contributed by atoms with Crippen LogP contribution in [0.1, 0.15) is 37.7 Å². The Morgan fingerprint density at radius 1 is 1.04 bits per heavy atom. The van der Waals surface area contributed by atoms with E-state index in [0.717, 1.165) is 15.7 Å². The zero-order chi connectivity index (χ0) is 18.9. The first-order valence-corrected chi connectivity index (χ1v) is 8.89. The predicted molar refractivity (Wildman–Crippen MR) is 105 cm³/mol. The number of halogens is 1. The van der Waals surface area contributed by atoms with E-state index < -0.39 is 0 Å². The minimum atomic E-state index is -0.381. The number of nitrogens with one attached hydrogen (secondary N) is 3. The molecule has 0 aliphatic rings. The molecule has 0 spiro atoms. The molecule has 3 N–H and O–H groups in total. The van der Waals surface area contributed by atoms with Gasteiger partial charge in [0.25, 0.3) is 11.1 Å². The lowest BCUT2D eigenvalue weighted by atomic mass is 9.90. The fraction of sp³-hybridized carbons (Fsp3) is 0.211. The van der Waals surface area contributed by atoms with Crippen molar-refractivity contribution in [2.75, 3.05) is 0 Å². The monoisotopic (exact) mass is 414 g/mol. The van der Waals surface area contributed by atoms with Crippen LogP contribution in [0.25, 0.3) is 12.2 Å². The molecule has 134 valence electrons. The number of nitrogens with zero attached hydrogens (tertiary/aromatic N) is 1. The SMILES string of the molecule is CC(C)(C)c1[nH]cnc1/C=c1\[nH]c(=O)/c(=C/c2cccc(Br)c2)[nH]c1=O. The third kappa shape index (κ3) is 3.94. The molecule has 0 aliphatic carbocycles. The summed E-state index contributed by atoms with van der Waals surface area (Å²) in [5.74, 6) is 0. The molecule has 0 aliphatic heterocycles. The molecule has 0 saturated heterocycles. The van der Waals surface area contributed by atoms with Gasteiger partial charge in [0.05, 0.1) is 12.0 Å². The number of aromatic nitrogens is 4. The first-order valence-electron chi connectivity index (χ1n) is 8.09. The van der Waals surface area contributed by atoms with Crippen LogP contribution >= 0.6 is 15.9 Å². The lowest BCUT2D eigenvalue weighted by Crippen LogP contribution is -2.46. The summed E-state index contributed by atoms with van der Waals surface area (Å²) >= 11 is 3.38. The first-order chi connectivity index (χ1) is 12.2. The first kappa shape index (κ1) is 18.1. The number of aromatic amines is 3. The quantitative estimate of drug-likeness (QED) is 0.592. The Morgan fingerprint density at radius 3 is 2.31 bits per heavy atom. The number of imidazole rings is 1. The van der Waals surface area contributed by atoms with Gasteiger partial charge in [-0.1, -0.05) is 48.8 Å². The zero-order valence-electron chi connectivity index (χ0n) is 14.7. The van der Waals surface area contributed by atoms with E-state index in [-0.39, 0.29) is 27.2 Å². The fourth-order valence-corrected chi connectivity index (χ4v) is 3.03. The molecule has 0 atom stereocenters. The van der Waals surface area contributed by atoms with Gasteiger partial charge in [0, 0.05) is 15.6 Å². The van der Waals surface area contributed by atoms with Crippen molar-refractivity contribution >= 4 is 28.1 Å². The third-order valence-corrected chi connectivity index (χ3v) is 4.34. The van der Waals surface area contributed by atoms with E-state index in [0.29, 0.717) is 5.69 Å². The molecule has 0 unspecified atom stereocenters. The van der Waals surface area contributed by atoms with Gasteiger partial charge in [0.2, 0.25) is 0 Å². The van der Waals surface area contributed by atoms with Crippen molar-refractivity contribution in [3.63, 3.8) is 0 Å². The molecule has 0 amide bonds. The van der Waals surface area contributed by atoms with Crippen LogP contribution in [-0.4, -0.2) is 19.9 Å². The van der Waals surface area contributed by atoms with Crippen molar-refractivity contribution in [2.24, 2.45) is 0 Å². The second-order valence-electron chi connectivity index (χ2n) is 6.99. The second kappa shape index (κ2) is 6.92. The van der Waals surface area contributed by atoms with E-state index in [1.165, 1.54) is 0 Å². The number of hydrogen-bond acceptors (Lipinski definition) is 3. The third-order valence-electron chi connectivity index (χ3n) is 3.85. The highest BCUT2D eigenvalue weighted by Crippen LogP contribution is 2.22. The molecule has 2 heterocycles. The molecule has 2 aromatic heterocycles. The molecule has 0 saturated carbocycles. The van der Waals surface area contributed by atoms with Gasteiger partial charge >= 0.3 is 0 Å². The largest absolute Gasteiger partial charge is 0.348 e. The Balaban J connectivity index is 2.14. The molecular weight excluding hydrogens is 396 g/mol. The number of H-pyrrole nitrogens is 3. The molecule has 7 heteroatoms. The molecule has 0 radical (unpaired) electrons. The molecule has 0 bridgehead atoms. The highest BCUT2D eigenvalue weighted by molar-refractivity contribution is 9.10. The van der Waals surface area contributed by atoms with Crippen molar-refractivity contribution in [3.8, 4) is 0 Å². The summed E-state index contributed by atoms with van der Waals surface area (Å²) in [6.45, 7) is 6.13. The lowest BCUT2D eigenvalue weighted by Gasteiger charge is -2.16. The summed E-state index contributed by atoms with van der Waals surface area (Å²) in [6, 6.07) is 7.45. The number of benzene rings is 1. The van der Waals surface area contributed by atoms with Crippen molar-refractivity contribution in [2.45, 2.75) is 26.2 Å². The Morgan fingerprint density at radius 2 is 1.69 bits per heavy atom. The van der Waals surface area contributed by atoms with E-state index in [1.807, 2.05) is 45.0 Å². The van der Waals surface area contributed by atoms with E-state index in [9.17, 15) is 9.59 Å². The van der Waals surface area contributed by atoms with Crippen molar-refractivity contribution in [1.82, 2.24) is 19.9 Å². The summed E-state index contributed by atoms with van der Waals surface area (Å²) in [7, 11) is 0. The minimum Gasteiger partial charge on any atom is -0.348 e. The second-order valence-corrected chi connectivity index (χ2v) is 7.91. The smallest absolute Gasteiger partial charge is 0.272 e. The summed E-state index contributed by atoms with van der Waals surface area (Å²) in [5, 5.41) is 0.363. The van der Waals surface area contributed by atoms with Crippen molar-refractivity contribution in [3.05, 3.63) is 83.4 Å². The average Bonchev–Trinajstić information content (AvgIpc) is 3.01. The normalized spacial score (nSPS) is 13.4. The Bertz CT molecular complexity index is 1180. The van der Waals surface area contributed by atoms with Gasteiger partial charge in [0.1, 0.15) is 10.7 Å². The van der Waals surface area contributed by atoms with Gasteiger partial charge in [-0.3, -0.25) is 9.59 Å². The van der Waals surface area contributed by atoms with Crippen LogP contribution in [0.15, 0.2) is 44.7 Å². The summed E-state index contributed by atoms with van der Waals surface area (Å²) in [5.41, 5.74) is 1.41. The summed E-state index contributed by atoms with van der Waals surface area (Å²) in [4.78, 5) is 37.4. The standard InChI is InChI=1S/C19H19BrN4O2/c1-19(2,3)16-13(21-10-22-16)9-15-18(26)23-14(17(25)24-15)8-11-5-4-6-12(20)7-11/h4-10H,1-3H3,(H,21,22)(H,23,26)(H,24,25)/b14-8-,15-9-. The van der Waals surface area contributed by atoms with Gasteiger partial charge in [0.15, 0.2) is 0 Å². The van der Waals surface area contributed by atoms with Crippen LogP contribution < -0.4 is 21.8 Å². The van der Waals surface area contributed by atoms with Crippen molar-refractivity contribution < 1.29 is 0 Å². The molecule has 26 heavy (non-hydrogen) atoms. The topological polar surface area (TPSA) is 94.4 Å². The maximum atomic E-state index is 12.4. The molecule has 6 nitrogen and oxygen atoms in total. The highest BCUT2D eigenvalue weighted by atomic mass is 79.9. The molecule has 3 rings (SSSR count). The summed E-state index contributed by atoms with van der Waals surface area (Å²) in [6.07, 6.45) is 4.79. The number of hydrogen-bond donors (Lipinski definition) is 3. The fourth-order valence-electron chi connectivity index (χ4n) is 2.61. The summed E-state index contributed by atoms with van der Waals surface area (Å²) < 4.78 is 0.892. The van der Waals surface area contributed by atoms with Gasteiger partial charge in [-0.05, 0) is 29.8 Å². The van der Waals surface area contributed by atoms with E-state index >= 15 is 0 Å². The van der Waals surface area contributed by atoms with Crippen LogP contribution in [0.5, 0.6) is 0 Å². The van der Waals surface area contributed by atoms with Crippen molar-refractivity contribution in [1.29, 1.82) is 0 Å². The molecule has 1 aromatic carbocycles. The lowest BCUT2D eigenvalue weighted by molar-refractivity contribution is 0.571. The molecule has 3 aromatic rings. The average molecular weight is 415 g/mol. The Kier molecular flexibility index (Phi) is 4.82.